The first-order valence-corrected chi connectivity index (χ1v) is 5.48. The Kier molecular flexibility index (Phi) is 5.20. The third-order valence-electron chi connectivity index (χ3n) is 2.30. The molecule has 0 unspecified atom stereocenters. The molecule has 4 nitrogen and oxygen atoms in total. The van der Waals surface area contributed by atoms with E-state index in [9.17, 15) is 0 Å². The summed E-state index contributed by atoms with van der Waals surface area (Å²) in [5.41, 5.74) is 0.792. The van der Waals surface area contributed by atoms with Gasteiger partial charge in [0.05, 0.1) is 21.3 Å². The molecule has 0 aromatic heterocycles. The largest absolute Gasteiger partial charge is 0.496 e. The van der Waals surface area contributed by atoms with Crippen molar-refractivity contribution in [2.45, 2.75) is 13.3 Å². The Bertz CT molecular complexity index is 363. The second kappa shape index (κ2) is 6.68. The van der Waals surface area contributed by atoms with Crippen LogP contribution in [0.5, 0.6) is 17.2 Å². The minimum atomic E-state index is 0.682. The van der Waals surface area contributed by atoms with Crippen molar-refractivity contribution < 1.29 is 14.2 Å². The fourth-order valence-electron chi connectivity index (χ4n) is 1.41. The first kappa shape index (κ1) is 13.2. The van der Waals surface area contributed by atoms with Gasteiger partial charge >= 0.3 is 0 Å². The lowest BCUT2D eigenvalue weighted by molar-refractivity contribution is 0.378. The molecule has 1 aromatic carbocycles. The van der Waals surface area contributed by atoms with Gasteiger partial charge in [-0.25, -0.2) is 0 Å². The van der Waals surface area contributed by atoms with Gasteiger partial charge in [-0.3, -0.25) is 0 Å². The van der Waals surface area contributed by atoms with Gasteiger partial charge in [0.1, 0.15) is 22.9 Å². The van der Waals surface area contributed by atoms with Crippen molar-refractivity contribution in [2.75, 3.05) is 26.6 Å². The Morgan fingerprint density at radius 1 is 1.06 bits per heavy atom. The first-order chi connectivity index (χ1) is 8.26. The maximum Gasteiger partial charge on any atom is 0.149 e. The summed E-state index contributed by atoms with van der Waals surface area (Å²) < 4.78 is 15.8. The van der Waals surface area contributed by atoms with Crippen LogP contribution in [0, 0.1) is 0 Å². The third-order valence-corrected chi connectivity index (χ3v) is 2.30. The molecular weight excluding hydrogens is 218 g/mol. The molecule has 0 saturated carbocycles. The fraction of sp³-hybridized carbons (Fsp3) is 0.385. The van der Waals surface area contributed by atoms with E-state index in [2.05, 4.69) is 12.2 Å². The third kappa shape index (κ3) is 3.31. The molecule has 0 saturated heterocycles. The number of hydrogen-bond acceptors (Lipinski definition) is 4. The number of rotatable bonds is 6. The summed E-state index contributed by atoms with van der Waals surface area (Å²) in [6.07, 6.45) is 4.85. The lowest BCUT2D eigenvalue weighted by Crippen LogP contribution is -1.98. The van der Waals surface area contributed by atoms with Crippen LogP contribution in [0.3, 0.4) is 0 Å². The fourth-order valence-corrected chi connectivity index (χ4v) is 1.41. The Morgan fingerprint density at radius 3 is 2.06 bits per heavy atom. The Morgan fingerprint density at radius 2 is 1.65 bits per heavy atom. The quantitative estimate of drug-likeness (QED) is 0.825. The molecule has 0 amide bonds. The average molecular weight is 237 g/mol. The number of nitrogens with one attached hydrogen (secondary N) is 1. The van der Waals surface area contributed by atoms with Crippen molar-refractivity contribution in [3.63, 3.8) is 0 Å². The zero-order valence-corrected chi connectivity index (χ0v) is 10.7. The molecule has 0 aliphatic carbocycles. The van der Waals surface area contributed by atoms with E-state index < -0.39 is 0 Å². The van der Waals surface area contributed by atoms with Crippen molar-refractivity contribution in [2.24, 2.45) is 0 Å². The second-order valence-electron chi connectivity index (χ2n) is 3.36. The van der Waals surface area contributed by atoms with E-state index >= 15 is 0 Å². The van der Waals surface area contributed by atoms with Gasteiger partial charge in [0, 0.05) is 12.1 Å². The molecule has 0 fully saturated rings. The molecule has 1 aromatic rings. The van der Waals surface area contributed by atoms with E-state index in [1.54, 1.807) is 21.3 Å². The molecule has 94 valence electrons. The van der Waals surface area contributed by atoms with E-state index in [0.717, 1.165) is 12.1 Å². The van der Waals surface area contributed by atoms with Crippen LogP contribution in [-0.4, -0.2) is 21.3 Å². The van der Waals surface area contributed by atoms with Crippen LogP contribution >= 0.6 is 0 Å². The lowest BCUT2D eigenvalue weighted by atomic mass is 10.2. The van der Waals surface area contributed by atoms with Gasteiger partial charge in [0.15, 0.2) is 0 Å². The normalized spacial score (nSPS) is 10.4. The highest BCUT2D eigenvalue weighted by molar-refractivity contribution is 5.69. The van der Waals surface area contributed by atoms with Crippen LogP contribution in [0.4, 0.5) is 5.69 Å². The van der Waals surface area contributed by atoms with Crippen molar-refractivity contribution in [1.29, 1.82) is 0 Å². The molecule has 0 aliphatic rings. The highest BCUT2D eigenvalue weighted by atomic mass is 16.5. The summed E-state index contributed by atoms with van der Waals surface area (Å²) in [5.74, 6) is 2.06. The molecule has 0 spiro atoms. The summed E-state index contributed by atoms with van der Waals surface area (Å²) in [7, 11) is 4.84. The van der Waals surface area contributed by atoms with Crippen LogP contribution in [0.2, 0.25) is 0 Å². The van der Waals surface area contributed by atoms with Crippen LogP contribution < -0.4 is 19.5 Å². The Balaban J connectivity index is 3.10. The molecule has 0 aliphatic heterocycles. The second-order valence-corrected chi connectivity index (χ2v) is 3.36. The minimum absolute atomic E-state index is 0.682. The smallest absolute Gasteiger partial charge is 0.149 e. The molecule has 0 radical (unpaired) electrons. The van der Waals surface area contributed by atoms with Crippen molar-refractivity contribution in [3.8, 4) is 17.2 Å². The summed E-state index contributed by atoms with van der Waals surface area (Å²) in [4.78, 5) is 0. The van der Waals surface area contributed by atoms with Crippen LogP contribution in [0.25, 0.3) is 0 Å². The van der Waals surface area contributed by atoms with Gasteiger partial charge < -0.3 is 19.5 Å². The summed E-state index contributed by atoms with van der Waals surface area (Å²) in [5, 5.41) is 3.15. The van der Waals surface area contributed by atoms with Gasteiger partial charge in [-0.05, 0) is 12.6 Å². The van der Waals surface area contributed by atoms with E-state index in [1.807, 2.05) is 24.4 Å². The number of allylic oxidation sites excluding steroid dienone is 1. The van der Waals surface area contributed by atoms with E-state index in [4.69, 9.17) is 14.2 Å². The summed E-state index contributed by atoms with van der Waals surface area (Å²) >= 11 is 0. The summed E-state index contributed by atoms with van der Waals surface area (Å²) in [6.45, 7) is 2.07. The number of anilines is 1. The SMILES string of the molecule is CC/C=C/Nc1c(OC)cc(OC)cc1OC. The number of ether oxygens (including phenoxy) is 3. The van der Waals surface area contributed by atoms with Crippen LogP contribution in [0.1, 0.15) is 13.3 Å². The van der Waals surface area contributed by atoms with Gasteiger partial charge in [-0.1, -0.05) is 13.0 Å². The molecule has 0 bridgehead atoms. The molecule has 0 heterocycles. The zero-order valence-electron chi connectivity index (χ0n) is 10.7. The molecule has 1 N–H and O–H groups in total. The average Bonchev–Trinajstić information content (AvgIpc) is 2.38. The maximum absolute atomic E-state index is 5.30. The van der Waals surface area contributed by atoms with Gasteiger partial charge in [0.2, 0.25) is 0 Å². The predicted molar refractivity (Wildman–Crippen MR) is 69.2 cm³/mol. The number of benzene rings is 1. The monoisotopic (exact) mass is 237 g/mol. The van der Waals surface area contributed by atoms with E-state index in [0.29, 0.717) is 17.2 Å². The standard InChI is InChI=1S/C13H19NO3/c1-5-6-7-14-13-11(16-3)8-10(15-2)9-12(13)17-4/h6-9,14H,5H2,1-4H3/b7-6+. The predicted octanol–water partition coefficient (Wildman–Crippen LogP) is 3.05. The molecule has 0 atom stereocenters. The first-order valence-electron chi connectivity index (χ1n) is 5.48. The van der Waals surface area contributed by atoms with Crippen molar-refractivity contribution >= 4 is 5.69 Å². The zero-order chi connectivity index (χ0) is 12.7. The van der Waals surface area contributed by atoms with Crippen molar-refractivity contribution in [3.05, 3.63) is 24.4 Å². The molecule has 1 rings (SSSR count). The van der Waals surface area contributed by atoms with Gasteiger partial charge in [-0.15, -0.1) is 0 Å². The lowest BCUT2D eigenvalue weighted by Gasteiger charge is -2.14. The highest BCUT2D eigenvalue weighted by Crippen LogP contribution is 2.38. The van der Waals surface area contributed by atoms with Crippen molar-refractivity contribution in [1.82, 2.24) is 0 Å². The Labute approximate surface area is 102 Å². The Hall–Kier alpha value is -1.84. The molecular formula is C13H19NO3. The van der Waals surface area contributed by atoms with E-state index in [1.165, 1.54) is 0 Å². The molecule has 4 heteroatoms. The topological polar surface area (TPSA) is 39.7 Å². The number of methoxy groups -OCH3 is 3. The van der Waals surface area contributed by atoms with Gasteiger partial charge in [-0.2, -0.15) is 0 Å². The van der Waals surface area contributed by atoms with E-state index in [-0.39, 0.29) is 0 Å². The van der Waals surface area contributed by atoms with Crippen LogP contribution in [-0.2, 0) is 0 Å². The highest BCUT2D eigenvalue weighted by Gasteiger charge is 2.11. The summed E-state index contributed by atoms with van der Waals surface area (Å²) in [6, 6.07) is 3.62. The maximum atomic E-state index is 5.30. The van der Waals surface area contributed by atoms with Crippen LogP contribution in [0.15, 0.2) is 24.4 Å². The van der Waals surface area contributed by atoms with Gasteiger partial charge in [0.25, 0.3) is 0 Å². The number of hydrogen-bond donors (Lipinski definition) is 1. The molecule has 17 heavy (non-hydrogen) atoms. The minimum Gasteiger partial charge on any atom is -0.496 e.